The summed E-state index contributed by atoms with van der Waals surface area (Å²) in [4.78, 5) is 15.9. The van der Waals surface area contributed by atoms with E-state index >= 15 is 0 Å². The Morgan fingerprint density at radius 1 is 1.00 bits per heavy atom. The van der Waals surface area contributed by atoms with Crippen molar-refractivity contribution in [1.82, 2.24) is 25.1 Å². The minimum Gasteiger partial charge on any atom is -0.333 e. The van der Waals surface area contributed by atoms with Crippen molar-refractivity contribution in [2.75, 3.05) is 11.4 Å². The molecule has 6 heteroatoms. The van der Waals surface area contributed by atoms with Crippen LogP contribution in [0.5, 0.6) is 0 Å². The molecule has 0 unspecified atom stereocenters. The van der Waals surface area contributed by atoms with Gasteiger partial charge in [0, 0.05) is 19.2 Å². The highest BCUT2D eigenvalue weighted by Gasteiger charge is 2.21. The van der Waals surface area contributed by atoms with Gasteiger partial charge in [0.1, 0.15) is 5.82 Å². The molecule has 1 aliphatic heterocycles. The molecule has 0 fully saturated rings. The van der Waals surface area contributed by atoms with Gasteiger partial charge >= 0.3 is 0 Å². The molecule has 6 nitrogen and oxygen atoms in total. The number of aryl methyl sites for hydroxylation is 3. The molecule has 0 aromatic carbocycles. The SMILES string of the molecule is CCc1ncc2c(n1)CN(c1nnc(CC)c(CC)n1)CC2. The van der Waals surface area contributed by atoms with Crippen molar-refractivity contribution in [2.45, 2.75) is 53.0 Å². The topological polar surface area (TPSA) is 67.7 Å². The molecule has 0 saturated carbocycles. The number of anilines is 1. The normalized spacial score (nSPS) is 14.0. The first-order chi connectivity index (χ1) is 10.7. The molecule has 0 aliphatic carbocycles. The van der Waals surface area contributed by atoms with Crippen LogP contribution in [-0.2, 0) is 32.2 Å². The summed E-state index contributed by atoms with van der Waals surface area (Å²) in [5.41, 5.74) is 4.39. The predicted octanol–water partition coefficient (Wildman–Crippen LogP) is 1.91. The quantitative estimate of drug-likeness (QED) is 0.859. The van der Waals surface area contributed by atoms with Crippen molar-refractivity contribution >= 4 is 5.95 Å². The van der Waals surface area contributed by atoms with Gasteiger partial charge in [0.2, 0.25) is 5.95 Å². The van der Waals surface area contributed by atoms with E-state index in [1.165, 1.54) is 5.56 Å². The Labute approximate surface area is 131 Å². The second kappa shape index (κ2) is 6.34. The van der Waals surface area contributed by atoms with Crippen LogP contribution in [0.3, 0.4) is 0 Å². The number of hydrogen-bond donors (Lipinski definition) is 0. The van der Waals surface area contributed by atoms with E-state index in [4.69, 9.17) is 4.98 Å². The molecule has 0 saturated heterocycles. The van der Waals surface area contributed by atoms with E-state index in [9.17, 15) is 0 Å². The molecule has 22 heavy (non-hydrogen) atoms. The molecule has 1 aliphatic rings. The molecule has 0 radical (unpaired) electrons. The van der Waals surface area contributed by atoms with Crippen LogP contribution in [0, 0.1) is 0 Å². The lowest BCUT2D eigenvalue weighted by molar-refractivity contribution is 0.658. The van der Waals surface area contributed by atoms with Gasteiger partial charge in [-0.1, -0.05) is 20.8 Å². The van der Waals surface area contributed by atoms with E-state index in [2.05, 4.69) is 45.8 Å². The first-order valence-corrected chi connectivity index (χ1v) is 8.06. The van der Waals surface area contributed by atoms with Crippen molar-refractivity contribution in [3.05, 3.63) is 34.7 Å². The lowest BCUT2D eigenvalue weighted by Gasteiger charge is -2.28. The zero-order valence-electron chi connectivity index (χ0n) is 13.5. The average molecular weight is 298 g/mol. The van der Waals surface area contributed by atoms with Crippen molar-refractivity contribution in [3.8, 4) is 0 Å². The third-order valence-corrected chi connectivity index (χ3v) is 4.09. The van der Waals surface area contributed by atoms with Gasteiger partial charge in [0.25, 0.3) is 0 Å². The molecule has 0 N–H and O–H groups in total. The molecule has 3 rings (SSSR count). The minimum atomic E-state index is 0.719. The molecular formula is C16H22N6. The van der Waals surface area contributed by atoms with E-state index in [1.807, 2.05) is 6.20 Å². The van der Waals surface area contributed by atoms with Crippen molar-refractivity contribution in [2.24, 2.45) is 0 Å². The van der Waals surface area contributed by atoms with E-state index in [1.54, 1.807) is 0 Å². The molecule has 0 bridgehead atoms. The Balaban J connectivity index is 1.87. The maximum atomic E-state index is 4.71. The predicted molar refractivity (Wildman–Crippen MR) is 84.7 cm³/mol. The molecule has 116 valence electrons. The van der Waals surface area contributed by atoms with Gasteiger partial charge in [-0.15, -0.1) is 5.10 Å². The van der Waals surface area contributed by atoms with E-state index < -0.39 is 0 Å². The van der Waals surface area contributed by atoms with Gasteiger partial charge in [0.05, 0.1) is 23.6 Å². The standard InChI is InChI=1S/C16H22N6/c1-4-12-13(5-2)20-21-16(19-12)22-8-7-11-9-17-15(6-3)18-14(11)10-22/h9H,4-8,10H2,1-3H3. The van der Waals surface area contributed by atoms with Crippen LogP contribution in [0.25, 0.3) is 0 Å². The molecule has 0 spiro atoms. The average Bonchev–Trinajstić information content (AvgIpc) is 2.60. The first-order valence-electron chi connectivity index (χ1n) is 8.06. The van der Waals surface area contributed by atoms with E-state index in [-0.39, 0.29) is 0 Å². The summed E-state index contributed by atoms with van der Waals surface area (Å²) in [6, 6.07) is 0. The molecular weight excluding hydrogens is 276 g/mol. The van der Waals surface area contributed by atoms with Crippen molar-refractivity contribution < 1.29 is 0 Å². The minimum absolute atomic E-state index is 0.719. The van der Waals surface area contributed by atoms with E-state index in [0.717, 1.165) is 67.6 Å². The Hall–Kier alpha value is -2.11. The zero-order chi connectivity index (χ0) is 15.5. The highest BCUT2D eigenvalue weighted by Crippen LogP contribution is 2.20. The molecule has 0 atom stereocenters. The van der Waals surface area contributed by atoms with Gasteiger partial charge in [-0.05, 0) is 24.8 Å². The maximum Gasteiger partial charge on any atom is 0.245 e. The summed E-state index contributed by atoms with van der Waals surface area (Å²) in [6.45, 7) is 7.90. The summed E-state index contributed by atoms with van der Waals surface area (Å²) in [7, 11) is 0. The van der Waals surface area contributed by atoms with Crippen LogP contribution < -0.4 is 4.90 Å². The molecule has 0 amide bonds. The van der Waals surface area contributed by atoms with Gasteiger partial charge in [-0.2, -0.15) is 5.10 Å². The monoisotopic (exact) mass is 298 g/mol. The van der Waals surface area contributed by atoms with Gasteiger partial charge in [-0.3, -0.25) is 0 Å². The Morgan fingerprint density at radius 3 is 2.55 bits per heavy atom. The number of nitrogens with zero attached hydrogens (tertiary/aromatic N) is 6. The van der Waals surface area contributed by atoms with Gasteiger partial charge in [0.15, 0.2) is 0 Å². The van der Waals surface area contributed by atoms with Crippen LogP contribution in [0.2, 0.25) is 0 Å². The van der Waals surface area contributed by atoms with Crippen LogP contribution in [0.1, 0.15) is 49.2 Å². The first kappa shape index (κ1) is 14.8. The lowest BCUT2D eigenvalue weighted by atomic mass is 10.1. The molecule has 2 aromatic heterocycles. The number of aromatic nitrogens is 5. The van der Waals surface area contributed by atoms with Crippen molar-refractivity contribution in [3.63, 3.8) is 0 Å². The largest absolute Gasteiger partial charge is 0.333 e. The fourth-order valence-corrected chi connectivity index (χ4v) is 2.75. The van der Waals surface area contributed by atoms with E-state index in [0.29, 0.717) is 0 Å². The second-order valence-electron chi connectivity index (χ2n) is 5.50. The zero-order valence-corrected chi connectivity index (χ0v) is 13.5. The summed E-state index contributed by atoms with van der Waals surface area (Å²) in [6.07, 6.45) is 5.52. The number of hydrogen-bond acceptors (Lipinski definition) is 6. The fraction of sp³-hybridized carbons (Fsp3) is 0.562. The summed E-state index contributed by atoms with van der Waals surface area (Å²) in [5.74, 6) is 1.62. The van der Waals surface area contributed by atoms with Crippen LogP contribution in [-0.4, -0.2) is 31.7 Å². The van der Waals surface area contributed by atoms with Gasteiger partial charge in [-0.25, -0.2) is 15.0 Å². The number of rotatable bonds is 4. The summed E-state index contributed by atoms with van der Waals surface area (Å²) in [5, 5.41) is 8.66. The van der Waals surface area contributed by atoms with Crippen LogP contribution >= 0.6 is 0 Å². The van der Waals surface area contributed by atoms with Crippen molar-refractivity contribution in [1.29, 1.82) is 0 Å². The van der Waals surface area contributed by atoms with Gasteiger partial charge < -0.3 is 4.90 Å². The highest BCUT2D eigenvalue weighted by atomic mass is 15.3. The Kier molecular flexibility index (Phi) is 4.27. The third-order valence-electron chi connectivity index (χ3n) is 4.09. The smallest absolute Gasteiger partial charge is 0.245 e. The second-order valence-corrected chi connectivity index (χ2v) is 5.50. The maximum absolute atomic E-state index is 4.71. The summed E-state index contributed by atoms with van der Waals surface area (Å²) < 4.78 is 0. The summed E-state index contributed by atoms with van der Waals surface area (Å²) >= 11 is 0. The molecule has 2 aromatic rings. The molecule has 3 heterocycles. The highest BCUT2D eigenvalue weighted by molar-refractivity contribution is 5.36. The Morgan fingerprint density at radius 2 is 1.82 bits per heavy atom. The fourth-order valence-electron chi connectivity index (χ4n) is 2.75. The number of fused-ring (bicyclic) bond motifs is 1. The lowest BCUT2D eigenvalue weighted by Crippen LogP contribution is -2.33. The third kappa shape index (κ3) is 2.77. The van der Waals surface area contributed by atoms with Crippen LogP contribution in [0.4, 0.5) is 5.95 Å². The Bertz CT molecular complexity index is 670. The van der Waals surface area contributed by atoms with Crippen LogP contribution in [0.15, 0.2) is 6.20 Å².